The van der Waals surface area contributed by atoms with Crippen LogP contribution in [0.1, 0.15) is 37.8 Å². The van der Waals surface area contributed by atoms with Gasteiger partial charge in [0.25, 0.3) is 0 Å². The maximum atomic E-state index is 11.8. The number of sulfone groups is 1. The van der Waals surface area contributed by atoms with Crippen LogP contribution >= 0.6 is 0 Å². The summed E-state index contributed by atoms with van der Waals surface area (Å²) in [5, 5.41) is 3.60. The second-order valence-electron chi connectivity index (χ2n) is 7.08. The molecule has 5 nitrogen and oxygen atoms in total. The Kier molecular flexibility index (Phi) is 6.49. The maximum absolute atomic E-state index is 11.8. The highest BCUT2D eigenvalue weighted by molar-refractivity contribution is 7.91. The van der Waals surface area contributed by atoms with E-state index in [0.29, 0.717) is 17.9 Å². The molecule has 2 aliphatic rings. The molecule has 25 heavy (non-hydrogen) atoms. The van der Waals surface area contributed by atoms with Crippen LogP contribution in [0, 0.1) is 0 Å². The van der Waals surface area contributed by atoms with E-state index >= 15 is 0 Å². The molecule has 0 radical (unpaired) electrons. The Morgan fingerprint density at radius 2 is 2.00 bits per heavy atom. The molecule has 140 valence electrons. The van der Waals surface area contributed by atoms with Gasteiger partial charge in [0, 0.05) is 19.1 Å². The second-order valence-corrected chi connectivity index (χ2v) is 9.38. The Balaban J connectivity index is 1.65. The molecule has 6 heteroatoms. The van der Waals surface area contributed by atoms with Crippen molar-refractivity contribution in [3.05, 3.63) is 35.9 Å². The first-order valence-corrected chi connectivity index (χ1v) is 11.3. The summed E-state index contributed by atoms with van der Waals surface area (Å²) in [7, 11) is -2.84. The highest BCUT2D eigenvalue weighted by atomic mass is 32.2. The highest BCUT2D eigenvalue weighted by Crippen LogP contribution is 2.29. The van der Waals surface area contributed by atoms with E-state index in [1.54, 1.807) is 0 Å². The quantitative estimate of drug-likeness (QED) is 0.864. The molecule has 3 rings (SSSR count). The summed E-state index contributed by atoms with van der Waals surface area (Å²) in [5.74, 6) is 0.640. The van der Waals surface area contributed by atoms with Crippen LogP contribution in [-0.4, -0.2) is 63.2 Å². The Labute approximate surface area is 151 Å². The number of morpholine rings is 1. The van der Waals surface area contributed by atoms with E-state index in [1.807, 2.05) is 6.07 Å². The lowest BCUT2D eigenvalue weighted by molar-refractivity contribution is -0.0703. The van der Waals surface area contributed by atoms with E-state index in [9.17, 15) is 8.42 Å². The van der Waals surface area contributed by atoms with Crippen molar-refractivity contribution in [3.8, 4) is 0 Å². The standard InChI is InChI=1S/C19H30N2O3S/c1-2-21-11-12-24-18(19(21)16-7-4-3-5-8-16)15-20-17-9-6-13-25(22,23)14-10-17/h3-5,7-8,17-20H,2,6,9-15H2,1H3/t17?,18-,19-/m0/s1. The van der Waals surface area contributed by atoms with Crippen molar-refractivity contribution in [2.75, 3.05) is 37.7 Å². The van der Waals surface area contributed by atoms with Crippen molar-refractivity contribution in [1.82, 2.24) is 10.2 Å². The molecular weight excluding hydrogens is 336 g/mol. The molecule has 2 saturated heterocycles. The Hall–Kier alpha value is -0.950. The van der Waals surface area contributed by atoms with Crippen LogP contribution in [0.5, 0.6) is 0 Å². The number of ether oxygens (including phenoxy) is 1. The maximum Gasteiger partial charge on any atom is 0.150 e. The van der Waals surface area contributed by atoms with Gasteiger partial charge in [0.2, 0.25) is 0 Å². The molecule has 3 atom stereocenters. The van der Waals surface area contributed by atoms with Crippen molar-refractivity contribution in [1.29, 1.82) is 0 Å². The Bertz CT molecular complexity index is 635. The largest absolute Gasteiger partial charge is 0.374 e. The smallest absolute Gasteiger partial charge is 0.150 e. The molecule has 0 amide bonds. The van der Waals surface area contributed by atoms with E-state index in [-0.39, 0.29) is 18.2 Å². The van der Waals surface area contributed by atoms with Crippen molar-refractivity contribution >= 4 is 9.84 Å². The monoisotopic (exact) mass is 366 g/mol. The Morgan fingerprint density at radius 3 is 2.76 bits per heavy atom. The zero-order chi connectivity index (χ0) is 17.7. The fraction of sp³-hybridized carbons (Fsp3) is 0.684. The number of nitrogens with zero attached hydrogens (tertiary/aromatic N) is 1. The molecule has 0 bridgehead atoms. The minimum atomic E-state index is -2.84. The SMILES string of the molecule is CCN1CCO[C@@H](CNC2CCCS(=O)(=O)CC2)[C@@H]1c1ccccc1. The van der Waals surface area contributed by atoms with E-state index in [4.69, 9.17) is 4.74 Å². The number of likely N-dealkylation sites (N-methyl/N-ethyl adjacent to an activating group) is 1. The van der Waals surface area contributed by atoms with Gasteiger partial charge in [-0.05, 0) is 31.4 Å². The molecule has 2 aliphatic heterocycles. The van der Waals surface area contributed by atoms with Crippen LogP contribution in [0.2, 0.25) is 0 Å². The third-order valence-electron chi connectivity index (χ3n) is 5.40. The predicted octanol–water partition coefficient (Wildman–Crippen LogP) is 2.01. The van der Waals surface area contributed by atoms with Crippen molar-refractivity contribution < 1.29 is 13.2 Å². The van der Waals surface area contributed by atoms with E-state index < -0.39 is 9.84 Å². The van der Waals surface area contributed by atoms with Gasteiger partial charge in [-0.3, -0.25) is 4.90 Å². The molecular formula is C19H30N2O3S. The number of hydrogen-bond acceptors (Lipinski definition) is 5. The minimum absolute atomic E-state index is 0.0935. The van der Waals surface area contributed by atoms with Gasteiger partial charge in [-0.2, -0.15) is 0 Å². The molecule has 0 aromatic heterocycles. The summed E-state index contributed by atoms with van der Waals surface area (Å²) in [6.45, 7) is 5.67. The van der Waals surface area contributed by atoms with Gasteiger partial charge in [-0.1, -0.05) is 37.3 Å². The second kappa shape index (κ2) is 8.62. The third kappa shape index (κ3) is 5.03. The van der Waals surface area contributed by atoms with Crippen LogP contribution in [0.25, 0.3) is 0 Å². The van der Waals surface area contributed by atoms with Crippen LogP contribution in [0.15, 0.2) is 30.3 Å². The summed E-state index contributed by atoms with van der Waals surface area (Å²) < 4.78 is 29.7. The zero-order valence-corrected chi connectivity index (χ0v) is 15.9. The molecule has 1 aromatic rings. The highest BCUT2D eigenvalue weighted by Gasteiger charge is 2.33. The lowest BCUT2D eigenvalue weighted by atomic mass is 9.97. The van der Waals surface area contributed by atoms with Gasteiger partial charge < -0.3 is 10.1 Å². The number of rotatable bonds is 5. The third-order valence-corrected chi connectivity index (χ3v) is 7.16. The molecule has 2 fully saturated rings. The molecule has 0 aliphatic carbocycles. The lowest BCUT2D eigenvalue weighted by Gasteiger charge is -2.41. The summed E-state index contributed by atoms with van der Waals surface area (Å²) in [5.41, 5.74) is 1.29. The normalized spacial score (nSPS) is 30.7. The van der Waals surface area contributed by atoms with Gasteiger partial charge in [-0.15, -0.1) is 0 Å². The predicted molar refractivity (Wildman–Crippen MR) is 100 cm³/mol. The average molecular weight is 367 g/mol. The lowest BCUT2D eigenvalue weighted by Crippen LogP contribution is -2.50. The summed E-state index contributed by atoms with van der Waals surface area (Å²) >= 11 is 0. The van der Waals surface area contributed by atoms with E-state index in [0.717, 1.165) is 39.1 Å². The number of benzene rings is 1. The fourth-order valence-corrected chi connectivity index (χ4v) is 5.45. The van der Waals surface area contributed by atoms with Crippen LogP contribution in [0.3, 0.4) is 0 Å². The number of nitrogens with one attached hydrogen (secondary N) is 1. The molecule has 0 saturated carbocycles. The summed E-state index contributed by atoms with van der Waals surface area (Å²) in [6, 6.07) is 11.1. The van der Waals surface area contributed by atoms with Crippen LogP contribution in [-0.2, 0) is 14.6 Å². The average Bonchev–Trinajstić information content (AvgIpc) is 2.80. The zero-order valence-electron chi connectivity index (χ0n) is 15.1. The summed E-state index contributed by atoms with van der Waals surface area (Å²) in [4.78, 5) is 2.47. The summed E-state index contributed by atoms with van der Waals surface area (Å²) in [6.07, 6.45) is 2.49. The molecule has 1 aromatic carbocycles. The molecule has 1 N–H and O–H groups in total. The first-order valence-electron chi connectivity index (χ1n) is 9.43. The van der Waals surface area contributed by atoms with Crippen LogP contribution < -0.4 is 5.32 Å². The van der Waals surface area contributed by atoms with Crippen molar-refractivity contribution in [2.24, 2.45) is 0 Å². The first kappa shape index (κ1) is 18.8. The van der Waals surface area contributed by atoms with Crippen molar-refractivity contribution in [3.63, 3.8) is 0 Å². The van der Waals surface area contributed by atoms with Gasteiger partial charge in [0.15, 0.2) is 0 Å². The van der Waals surface area contributed by atoms with Gasteiger partial charge >= 0.3 is 0 Å². The molecule has 1 unspecified atom stereocenters. The first-order chi connectivity index (χ1) is 12.1. The van der Waals surface area contributed by atoms with Gasteiger partial charge in [0.05, 0.1) is 30.3 Å². The van der Waals surface area contributed by atoms with E-state index in [2.05, 4.69) is 41.4 Å². The number of hydrogen-bond donors (Lipinski definition) is 1. The molecule has 0 spiro atoms. The minimum Gasteiger partial charge on any atom is -0.374 e. The van der Waals surface area contributed by atoms with Gasteiger partial charge in [0.1, 0.15) is 9.84 Å². The van der Waals surface area contributed by atoms with E-state index in [1.165, 1.54) is 5.56 Å². The van der Waals surface area contributed by atoms with Gasteiger partial charge in [-0.25, -0.2) is 8.42 Å². The Morgan fingerprint density at radius 1 is 1.20 bits per heavy atom. The topological polar surface area (TPSA) is 58.6 Å². The van der Waals surface area contributed by atoms with Crippen LogP contribution in [0.4, 0.5) is 0 Å². The molecule has 2 heterocycles. The fourth-order valence-electron chi connectivity index (χ4n) is 3.99. The van der Waals surface area contributed by atoms with Crippen molar-refractivity contribution in [2.45, 2.75) is 44.4 Å².